The lowest BCUT2D eigenvalue weighted by molar-refractivity contribution is 0.241. The highest BCUT2D eigenvalue weighted by Gasteiger charge is 2.13. The zero-order chi connectivity index (χ0) is 21.8. The van der Waals surface area contributed by atoms with E-state index in [1.54, 1.807) is 4.57 Å². The molecule has 0 aliphatic carbocycles. The number of hydrogen-bond acceptors (Lipinski definition) is 5. The second-order valence-electron chi connectivity index (χ2n) is 7.06. The largest absolute Gasteiger partial charge is 0.491 e. The summed E-state index contributed by atoms with van der Waals surface area (Å²) in [6, 6.07) is 8.74. The Balaban J connectivity index is 2.02. The van der Waals surface area contributed by atoms with E-state index in [2.05, 4.69) is 10.3 Å². The second kappa shape index (κ2) is 8.94. The first-order valence-corrected chi connectivity index (χ1v) is 9.40. The Morgan fingerprint density at radius 3 is 2.47 bits per heavy atom. The molecule has 1 N–H and O–H groups in total. The van der Waals surface area contributed by atoms with Gasteiger partial charge in [0.25, 0.3) is 0 Å². The van der Waals surface area contributed by atoms with Gasteiger partial charge in [-0.05, 0) is 50.6 Å². The van der Waals surface area contributed by atoms with Crippen LogP contribution in [0.5, 0.6) is 11.5 Å². The molecule has 6 nitrogen and oxygen atoms in total. The Labute approximate surface area is 173 Å². The molecule has 0 fully saturated rings. The maximum atomic E-state index is 13.6. The smallest absolute Gasteiger partial charge is 0.316 e. The third-order valence-electron chi connectivity index (χ3n) is 4.35. The predicted octanol–water partition coefficient (Wildman–Crippen LogP) is 4.42. The lowest BCUT2D eigenvalue weighted by Crippen LogP contribution is -2.19. The fourth-order valence-corrected chi connectivity index (χ4v) is 2.98. The van der Waals surface area contributed by atoms with Crippen molar-refractivity contribution in [3.8, 4) is 11.5 Å². The molecule has 0 aliphatic heterocycles. The van der Waals surface area contributed by atoms with Crippen molar-refractivity contribution in [3.05, 3.63) is 75.7 Å². The van der Waals surface area contributed by atoms with Gasteiger partial charge in [-0.25, -0.2) is 8.78 Å². The van der Waals surface area contributed by atoms with Crippen LogP contribution in [-0.2, 0) is 6.54 Å². The number of ether oxygens (including phenoxy) is 2. The minimum absolute atomic E-state index is 0.000819. The van der Waals surface area contributed by atoms with E-state index in [1.165, 1.54) is 25.4 Å². The van der Waals surface area contributed by atoms with Crippen molar-refractivity contribution in [1.82, 2.24) is 9.55 Å². The van der Waals surface area contributed by atoms with Crippen LogP contribution >= 0.6 is 0 Å². The Bertz CT molecular complexity index is 1090. The van der Waals surface area contributed by atoms with Gasteiger partial charge in [0.2, 0.25) is 11.7 Å². The van der Waals surface area contributed by atoms with Crippen molar-refractivity contribution < 1.29 is 18.3 Å². The molecule has 0 unspecified atom stereocenters. The topological polar surface area (TPSA) is 65.4 Å². The van der Waals surface area contributed by atoms with E-state index in [4.69, 9.17) is 9.47 Å². The fraction of sp³-hybridized carbons (Fsp3) is 0.273. The third-order valence-corrected chi connectivity index (χ3v) is 4.35. The zero-order valence-electron chi connectivity index (χ0n) is 17.2. The minimum Gasteiger partial charge on any atom is -0.491 e. The summed E-state index contributed by atoms with van der Waals surface area (Å²) in [4.78, 5) is 16.3. The van der Waals surface area contributed by atoms with Crippen LogP contribution in [0, 0.1) is 18.6 Å². The second-order valence-corrected chi connectivity index (χ2v) is 7.06. The van der Waals surface area contributed by atoms with E-state index >= 15 is 0 Å². The average molecular weight is 415 g/mol. The molecule has 0 spiro atoms. The maximum absolute atomic E-state index is 13.6. The molecule has 8 heteroatoms. The highest BCUT2D eigenvalue weighted by molar-refractivity contribution is 5.62. The van der Waals surface area contributed by atoms with Crippen LogP contribution in [-0.4, -0.2) is 22.8 Å². The summed E-state index contributed by atoms with van der Waals surface area (Å²) in [6.07, 6.45) is 1.45. The number of anilines is 2. The molecule has 1 aromatic heterocycles. The monoisotopic (exact) mass is 415 g/mol. The molecule has 0 aliphatic rings. The number of nitrogens with one attached hydrogen (secondary N) is 1. The molecule has 0 atom stereocenters. The van der Waals surface area contributed by atoms with E-state index in [0.717, 1.165) is 11.6 Å². The summed E-state index contributed by atoms with van der Waals surface area (Å²) in [7, 11) is 1.36. The number of methoxy groups -OCH3 is 1. The SMILES string of the molecule is COc1cn(Cc2cc(F)cc(F)c2)c(Nc2cccc(OC(C)C)c2C)nc1=O. The molecule has 158 valence electrons. The van der Waals surface area contributed by atoms with Gasteiger partial charge in [0.15, 0.2) is 0 Å². The van der Waals surface area contributed by atoms with Gasteiger partial charge in [-0.1, -0.05) is 6.07 Å². The first-order chi connectivity index (χ1) is 14.3. The Morgan fingerprint density at radius 1 is 1.13 bits per heavy atom. The predicted molar refractivity (Wildman–Crippen MR) is 111 cm³/mol. The molecule has 0 saturated carbocycles. The van der Waals surface area contributed by atoms with Gasteiger partial charge in [0.05, 0.1) is 26.0 Å². The number of aromatic nitrogens is 2. The molecule has 2 aromatic carbocycles. The normalized spacial score (nSPS) is 10.9. The summed E-state index contributed by atoms with van der Waals surface area (Å²) in [6.45, 7) is 5.82. The van der Waals surface area contributed by atoms with Crippen LogP contribution < -0.4 is 20.3 Å². The van der Waals surface area contributed by atoms with Gasteiger partial charge in [0.1, 0.15) is 17.4 Å². The number of benzene rings is 2. The van der Waals surface area contributed by atoms with Crippen LogP contribution in [0.1, 0.15) is 25.0 Å². The van der Waals surface area contributed by atoms with E-state index < -0.39 is 17.2 Å². The molecule has 0 radical (unpaired) electrons. The molecule has 0 bridgehead atoms. The lowest BCUT2D eigenvalue weighted by atomic mass is 10.1. The summed E-state index contributed by atoms with van der Waals surface area (Å²) >= 11 is 0. The molecule has 30 heavy (non-hydrogen) atoms. The highest BCUT2D eigenvalue weighted by atomic mass is 19.1. The van der Waals surface area contributed by atoms with Crippen molar-refractivity contribution in [2.45, 2.75) is 33.4 Å². The quantitative estimate of drug-likeness (QED) is 0.619. The zero-order valence-corrected chi connectivity index (χ0v) is 17.2. The van der Waals surface area contributed by atoms with Crippen molar-refractivity contribution in [1.29, 1.82) is 0 Å². The molecule has 0 amide bonds. The van der Waals surface area contributed by atoms with Crippen LogP contribution in [0.2, 0.25) is 0 Å². The first kappa shape index (κ1) is 21.3. The van der Waals surface area contributed by atoms with Crippen molar-refractivity contribution >= 4 is 11.6 Å². The molecular formula is C22H23F2N3O3. The van der Waals surface area contributed by atoms with Crippen molar-refractivity contribution in [2.24, 2.45) is 0 Å². The van der Waals surface area contributed by atoms with Gasteiger partial charge in [-0.15, -0.1) is 0 Å². The third kappa shape index (κ3) is 4.94. The van der Waals surface area contributed by atoms with Crippen LogP contribution in [0.15, 0.2) is 47.4 Å². The maximum Gasteiger partial charge on any atom is 0.316 e. The summed E-state index contributed by atoms with van der Waals surface area (Å²) in [5.41, 5.74) is 1.33. The van der Waals surface area contributed by atoms with E-state index in [-0.39, 0.29) is 24.3 Å². The number of hydrogen-bond donors (Lipinski definition) is 1. The van der Waals surface area contributed by atoms with Crippen LogP contribution in [0.4, 0.5) is 20.4 Å². The summed E-state index contributed by atoms with van der Waals surface area (Å²) in [5.74, 6) is -0.448. The van der Waals surface area contributed by atoms with E-state index in [0.29, 0.717) is 17.0 Å². The molecule has 3 rings (SSSR count). The molecule has 0 saturated heterocycles. The number of nitrogens with zero attached hydrogens (tertiary/aromatic N) is 2. The van der Waals surface area contributed by atoms with Crippen molar-refractivity contribution in [2.75, 3.05) is 12.4 Å². The lowest BCUT2D eigenvalue weighted by Gasteiger charge is -2.18. The fourth-order valence-electron chi connectivity index (χ4n) is 2.98. The Hall–Kier alpha value is -3.42. The van der Waals surface area contributed by atoms with Gasteiger partial charge >= 0.3 is 5.56 Å². The van der Waals surface area contributed by atoms with Crippen LogP contribution in [0.3, 0.4) is 0 Å². The Kier molecular flexibility index (Phi) is 6.34. The highest BCUT2D eigenvalue weighted by Crippen LogP contribution is 2.28. The van der Waals surface area contributed by atoms with Gasteiger partial charge in [-0.3, -0.25) is 4.79 Å². The van der Waals surface area contributed by atoms with Crippen molar-refractivity contribution in [3.63, 3.8) is 0 Å². The van der Waals surface area contributed by atoms with Gasteiger partial charge in [0, 0.05) is 17.3 Å². The van der Waals surface area contributed by atoms with E-state index in [1.807, 2.05) is 39.0 Å². The number of rotatable bonds is 7. The Morgan fingerprint density at radius 2 is 1.83 bits per heavy atom. The first-order valence-electron chi connectivity index (χ1n) is 9.40. The summed E-state index contributed by atoms with van der Waals surface area (Å²) < 4.78 is 39.7. The number of halogens is 2. The summed E-state index contributed by atoms with van der Waals surface area (Å²) in [5, 5.41) is 3.12. The van der Waals surface area contributed by atoms with E-state index in [9.17, 15) is 13.6 Å². The van der Waals surface area contributed by atoms with Gasteiger partial charge in [-0.2, -0.15) is 4.98 Å². The van der Waals surface area contributed by atoms with Crippen LogP contribution in [0.25, 0.3) is 0 Å². The average Bonchev–Trinajstić information content (AvgIpc) is 2.65. The standard InChI is InChI=1S/C22H23F2N3O3/c1-13(2)30-19-7-5-6-18(14(19)3)25-22-26-21(28)20(29-4)12-27(22)11-15-8-16(23)10-17(24)9-15/h5-10,12-13H,11H2,1-4H3,(H,25,26,28). The molecule has 3 aromatic rings. The van der Waals surface area contributed by atoms with Gasteiger partial charge < -0.3 is 19.4 Å². The molecular weight excluding hydrogens is 392 g/mol. The molecule has 1 heterocycles. The minimum atomic E-state index is -0.685.